The second kappa shape index (κ2) is 8.48. The summed E-state index contributed by atoms with van der Waals surface area (Å²) < 4.78 is 82.1. The number of rotatable bonds is 3. The molecule has 2 aliphatic rings. The van der Waals surface area contributed by atoms with Crippen LogP contribution in [0.1, 0.15) is 34.3 Å². The predicted molar refractivity (Wildman–Crippen MR) is 120 cm³/mol. The molecule has 0 saturated carbocycles. The smallest absolute Gasteiger partial charge is 0.391 e. The summed E-state index contributed by atoms with van der Waals surface area (Å²) in [5, 5.41) is 21.5. The van der Waals surface area contributed by atoms with E-state index in [-0.39, 0.29) is 24.0 Å². The van der Waals surface area contributed by atoms with Crippen LogP contribution >= 0.6 is 0 Å². The lowest BCUT2D eigenvalue weighted by Gasteiger charge is -2.26. The number of nitrogens with zero attached hydrogens (tertiary/aromatic N) is 1. The maximum atomic E-state index is 13.9. The number of carbonyl (C=O) groups is 1. The lowest BCUT2D eigenvalue weighted by molar-refractivity contribution is -0.137. The molecule has 13 heteroatoms. The SMILES string of the molecule is O=C(Nc1ccc(N2C3C[C@H](O)C2C[C@H]3O)cc1C(F)(F)F)c1c[nH]c2cccc(C(F)(F)F)c2c1=O. The second-order valence-corrected chi connectivity index (χ2v) is 9.09. The van der Waals surface area contributed by atoms with Crippen LogP contribution in [0.5, 0.6) is 0 Å². The molecule has 0 spiro atoms. The van der Waals surface area contributed by atoms with Crippen molar-refractivity contribution < 1.29 is 41.4 Å². The molecule has 1 aromatic heterocycles. The average molecular weight is 527 g/mol. The Hall–Kier alpha value is -3.58. The molecule has 37 heavy (non-hydrogen) atoms. The van der Waals surface area contributed by atoms with E-state index in [0.29, 0.717) is 6.07 Å². The first-order valence-electron chi connectivity index (χ1n) is 11.2. The molecule has 3 aromatic rings. The maximum Gasteiger partial charge on any atom is 0.418 e. The van der Waals surface area contributed by atoms with E-state index >= 15 is 0 Å². The molecule has 4 N–H and O–H groups in total. The zero-order valence-electron chi connectivity index (χ0n) is 18.7. The molecular formula is C24H19F6N3O4. The van der Waals surface area contributed by atoms with Crippen molar-refractivity contribution in [2.24, 2.45) is 0 Å². The second-order valence-electron chi connectivity index (χ2n) is 9.09. The fraction of sp³-hybridized carbons (Fsp3) is 0.333. The van der Waals surface area contributed by atoms with Crippen molar-refractivity contribution in [3.8, 4) is 0 Å². The Labute approximate surface area is 204 Å². The number of alkyl halides is 6. The van der Waals surface area contributed by atoms with Crippen molar-refractivity contribution in [2.75, 3.05) is 10.2 Å². The number of nitrogens with one attached hydrogen (secondary N) is 2. The van der Waals surface area contributed by atoms with Crippen LogP contribution in [0.2, 0.25) is 0 Å². The summed E-state index contributed by atoms with van der Waals surface area (Å²) in [6.07, 6.45) is -10.3. The highest BCUT2D eigenvalue weighted by Crippen LogP contribution is 2.44. The fourth-order valence-electron chi connectivity index (χ4n) is 5.25. The molecule has 7 nitrogen and oxygen atoms in total. The van der Waals surface area contributed by atoms with Crippen LogP contribution in [0.4, 0.5) is 37.7 Å². The highest BCUT2D eigenvalue weighted by atomic mass is 19.4. The molecule has 5 rings (SSSR count). The number of hydrogen-bond acceptors (Lipinski definition) is 5. The van der Waals surface area contributed by atoms with Gasteiger partial charge >= 0.3 is 12.4 Å². The summed E-state index contributed by atoms with van der Waals surface area (Å²) in [6.45, 7) is 0. The Morgan fingerprint density at radius 2 is 1.57 bits per heavy atom. The number of aromatic nitrogens is 1. The van der Waals surface area contributed by atoms with Crippen molar-refractivity contribution in [1.29, 1.82) is 0 Å². The molecule has 0 radical (unpaired) electrons. The van der Waals surface area contributed by atoms with Gasteiger partial charge in [0.25, 0.3) is 5.91 Å². The third-order valence-corrected chi connectivity index (χ3v) is 6.88. The van der Waals surface area contributed by atoms with E-state index in [9.17, 15) is 46.1 Å². The van der Waals surface area contributed by atoms with Crippen LogP contribution in [0.25, 0.3) is 10.9 Å². The quantitative estimate of drug-likeness (QED) is 0.387. The first-order valence-corrected chi connectivity index (χ1v) is 11.2. The van der Waals surface area contributed by atoms with Crippen LogP contribution in [0, 0.1) is 0 Å². The van der Waals surface area contributed by atoms with E-state index in [2.05, 4.69) is 4.98 Å². The van der Waals surface area contributed by atoms with Gasteiger partial charge in [0.1, 0.15) is 5.56 Å². The number of anilines is 2. The minimum absolute atomic E-state index is 0.0757. The normalized spacial score (nSPS) is 23.6. The Morgan fingerprint density at radius 1 is 0.946 bits per heavy atom. The summed E-state index contributed by atoms with van der Waals surface area (Å²) in [5.74, 6) is -1.33. The molecule has 2 bridgehead atoms. The number of aromatic amines is 1. The van der Waals surface area contributed by atoms with Crippen molar-refractivity contribution in [3.05, 3.63) is 69.5 Å². The lowest BCUT2D eigenvalue weighted by atomic mass is 9.95. The molecule has 2 saturated heterocycles. The van der Waals surface area contributed by atoms with Gasteiger partial charge in [0.2, 0.25) is 5.43 Å². The van der Waals surface area contributed by atoms with Gasteiger partial charge in [-0.05, 0) is 43.2 Å². The highest BCUT2D eigenvalue weighted by molar-refractivity contribution is 6.06. The van der Waals surface area contributed by atoms with Gasteiger partial charge in [-0.2, -0.15) is 26.3 Å². The van der Waals surface area contributed by atoms with E-state index < -0.39 is 75.7 Å². The number of hydrogen-bond donors (Lipinski definition) is 4. The number of pyridine rings is 1. The summed E-state index contributed by atoms with van der Waals surface area (Å²) in [6, 6.07) is 4.80. The monoisotopic (exact) mass is 527 g/mol. The molecule has 2 fully saturated rings. The molecule has 2 unspecified atom stereocenters. The highest BCUT2D eigenvalue weighted by Gasteiger charge is 2.51. The van der Waals surface area contributed by atoms with Crippen LogP contribution in [-0.2, 0) is 12.4 Å². The van der Waals surface area contributed by atoms with E-state index in [0.717, 1.165) is 24.4 Å². The first kappa shape index (κ1) is 25.1. The Kier molecular flexibility index (Phi) is 5.75. The minimum Gasteiger partial charge on any atom is -0.391 e. The number of amides is 1. The number of fused-ring (bicyclic) bond motifs is 3. The number of halogens is 6. The third kappa shape index (κ3) is 4.21. The van der Waals surface area contributed by atoms with Gasteiger partial charge in [0.05, 0.1) is 46.5 Å². The van der Waals surface area contributed by atoms with Crippen LogP contribution < -0.4 is 15.6 Å². The molecule has 2 aromatic carbocycles. The minimum atomic E-state index is -4.95. The van der Waals surface area contributed by atoms with E-state index in [4.69, 9.17) is 0 Å². The van der Waals surface area contributed by atoms with Gasteiger partial charge in [-0.25, -0.2) is 0 Å². The number of aliphatic hydroxyl groups is 2. The summed E-state index contributed by atoms with van der Waals surface area (Å²) in [4.78, 5) is 29.6. The zero-order chi connectivity index (χ0) is 26.9. The standard InChI is InChI=1S/C24H19F6N3O4/c25-23(26,27)12-2-1-3-15-20(12)21(36)11(9-31-15)22(37)32-14-5-4-10(6-13(14)24(28,29)30)33-16-7-18(34)17(33)8-19(16)35/h1-6,9,16-19,34-35H,7-8H2,(H,31,36)(H,32,37)/t16?,17?,18-,19+. The van der Waals surface area contributed by atoms with E-state index in [1.54, 1.807) is 0 Å². The largest absolute Gasteiger partial charge is 0.418 e. The number of aliphatic hydroxyl groups excluding tert-OH is 2. The van der Waals surface area contributed by atoms with Crippen LogP contribution in [0.3, 0.4) is 0 Å². The summed E-state index contributed by atoms with van der Waals surface area (Å²) >= 11 is 0. The maximum absolute atomic E-state index is 13.9. The summed E-state index contributed by atoms with van der Waals surface area (Å²) in [7, 11) is 0. The zero-order valence-corrected chi connectivity index (χ0v) is 18.7. The predicted octanol–water partition coefficient (Wildman–Crippen LogP) is 3.89. The van der Waals surface area contributed by atoms with Crippen molar-refractivity contribution >= 4 is 28.2 Å². The Bertz CT molecular complexity index is 1440. The van der Waals surface area contributed by atoms with Gasteiger partial charge in [-0.15, -0.1) is 0 Å². The molecule has 3 heterocycles. The molecular weight excluding hydrogens is 508 g/mol. The van der Waals surface area contributed by atoms with Crippen LogP contribution in [0.15, 0.2) is 47.4 Å². The Balaban J connectivity index is 1.52. The number of benzene rings is 2. The first-order chi connectivity index (χ1) is 17.3. The van der Waals surface area contributed by atoms with Gasteiger partial charge < -0.3 is 25.4 Å². The van der Waals surface area contributed by atoms with Gasteiger partial charge in [0.15, 0.2) is 0 Å². The lowest BCUT2D eigenvalue weighted by Crippen LogP contribution is -2.33. The van der Waals surface area contributed by atoms with E-state index in [1.165, 1.54) is 17.0 Å². The molecule has 196 valence electrons. The van der Waals surface area contributed by atoms with Crippen molar-refractivity contribution in [1.82, 2.24) is 4.98 Å². The molecule has 0 aliphatic carbocycles. The number of carbonyl (C=O) groups excluding carboxylic acids is 1. The van der Waals surface area contributed by atoms with Crippen molar-refractivity contribution in [2.45, 2.75) is 49.5 Å². The van der Waals surface area contributed by atoms with E-state index in [1.807, 2.05) is 5.32 Å². The van der Waals surface area contributed by atoms with Crippen molar-refractivity contribution in [3.63, 3.8) is 0 Å². The van der Waals surface area contributed by atoms with Crippen LogP contribution in [-0.4, -0.2) is 45.4 Å². The molecule has 2 aliphatic heterocycles. The number of H-pyrrole nitrogens is 1. The average Bonchev–Trinajstić information content (AvgIpc) is 3.30. The Morgan fingerprint density at radius 3 is 2.16 bits per heavy atom. The van der Waals surface area contributed by atoms with Gasteiger partial charge in [-0.3, -0.25) is 9.59 Å². The molecule has 1 amide bonds. The van der Waals surface area contributed by atoms with Gasteiger partial charge in [0, 0.05) is 17.4 Å². The third-order valence-electron chi connectivity index (χ3n) is 6.88. The topological polar surface area (TPSA) is 106 Å². The summed E-state index contributed by atoms with van der Waals surface area (Å²) in [5.41, 5.74) is -5.47. The van der Waals surface area contributed by atoms with Gasteiger partial charge in [-0.1, -0.05) is 6.07 Å². The fourth-order valence-corrected chi connectivity index (χ4v) is 5.25. The molecule has 4 atom stereocenters.